The van der Waals surface area contributed by atoms with E-state index in [2.05, 4.69) is 15.2 Å². The van der Waals surface area contributed by atoms with Crippen LogP contribution in [0.2, 0.25) is 0 Å². The van der Waals surface area contributed by atoms with E-state index in [1.807, 2.05) is 25.4 Å². The minimum Gasteiger partial charge on any atom is -0.348 e. The van der Waals surface area contributed by atoms with Crippen molar-refractivity contribution >= 4 is 11.7 Å². The van der Waals surface area contributed by atoms with Crippen molar-refractivity contribution in [3.63, 3.8) is 0 Å². The van der Waals surface area contributed by atoms with Crippen LogP contribution in [0.3, 0.4) is 0 Å². The molecule has 5 heteroatoms. The summed E-state index contributed by atoms with van der Waals surface area (Å²) in [5.41, 5.74) is 0. The van der Waals surface area contributed by atoms with Crippen molar-refractivity contribution in [3.05, 3.63) is 18.3 Å². The molecule has 1 aromatic rings. The minimum absolute atomic E-state index is 0.158. The van der Waals surface area contributed by atoms with Gasteiger partial charge in [-0.1, -0.05) is 0 Å². The molecule has 0 bridgehead atoms. The zero-order valence-electron chi connectivity index (χ0n) is 10.3. The number of carbonyl (C=O) groups excluding carboxylic acids is 1. The summed E-state index contributed by atoms with van der Waals surface area (Å²) >= 11 is 0. The number of nitrogens with one attached hydrogen (secondary N) is 2. The maximum atomic E-state index is 11.9. The molecule has 0 atom stereocenters. The van der Waals surface area contributed by atoms with Crippen molar-refractivity contribution in [2.24, 2.45) is 0 Å². The maximum absolute atomic E-state index is 11.9. The van der Waals surface area contributed by atoms with Crippen LogP contribution in [0.5, 0.6) is 0 Å². The topological polar surface area (TPSA) is 51.4 Å². The van der Waals surface area contributed by atoms with Crippen LogP contribution < -0.4 is 10.2 Å². The van der Waals surface area contributed by atoms with Gasteiger partial charge in [0.05, 0.1) is 0 Å². The normalized spacial score (nSPS) is 17.0. The molecule has 0 saturated carbocycles. The number of amides is 1. The van der Waals surface area contributed by atoms with Crippen LogP contribution >= 0.6 is 0 Å². The molecule has 1 aromatic heterocycles. The molecule has 2 N–H and O–H groups in total. The van der Waals surface area contributed by atoms with Crippen molar-refractivity contribution in [1.82, 2.24) is 15.2 Å². The fourth-order valence-corrected chi connectivity index (χ4v) is 2.02. The number of aromatic amines is 1. The van der Waals surface area contributed by atoms with E-state index in [9.17, 15) is 4.79 Å². The Morgan fingerprint density at radius 3 is 2.88 bits per heavy atom. The van der Waals surface area contributed by atoms with E-state index in [1.54, 1.807) is 4.90 Å². The van der Waals surface area contributed by atoms with Gasteiger partial charge in [0.1, 0.15) is 5.82 Å². The Balaban J connectivity index is 1.76. The third-order valence-electron chi connectivity index (χ3n) is 3.17. The number of hydrogen-bond acceptors (Lipinski definition) is 3. The zero-order valence-corrected chi connectivity index (χ0v) is 10.3. The predicted molar refractivity (Wildman–Crippen MR) is 68.1 cm³/mol. The van der Waals surface area contributed by atoms with Crippen LogP contribution in [-0.4, -0.2) is 55.6 Å². The third kappa shape index (κ3) is 3.31. The number of H-pyrrole nitrogens is 1. The Hall–Kier alpha value is -1.33. The molecule has 1 fully saturated rings. The molecule has 0 unspecified atom stereocenters. The molecule has 0 aromatic carbocycles. The van der Waals surface area contributed by atoms with E-state index in [1.165, 1.54) is 0 Å². The Kier molecular flexibility index (Phi) is 4.17. The summed E-state index contributed by atoms with van der Waals surface area (Å²) in [7, 11) is 1.81. The summed E-state index contributed by atoms with van der Waals surface area (Å²) in [6.07, 6.45) is 2.41. The van der Waals surface area contributed by atoms with Crippen LogP contribution in [0.15, 0.2) is 18.3 Å². The largest absolute Gasteiger partial charge is 0.348 e. The quantitative estimate of drug-likeness (QED) is 0.789. The molecule has 5 nitrogen and oxygen atoms in total. The maximum Gasteiger partial charge on any atom is 0.229 e. The molecule has 0 radical (unpaired) electrons. The standard InChI is InChI=1S/C12H20N4O/c1-15(11-3-2-5-14-11)12(17)4-8-16-9-6-13-7-10-16/h2-3,5,13-14H,4,6-10H2,1H3. The van der Waals surface area contributed by atoms with E-state index < -0.39 is 0 Å². The minimum atomic E-state index is 0.158. The molecule has 2 rings (SSSR count). The highest BCUT2D eigenvalue weighted by Gasteiger charge is 2.14. The Morgan fingerprint density at radius 1 is 1.47 bits per heavy atom. The number of rotatable bonds is 4. The first-order valence-corrected chi connectivity index (χ1v) is 6.10. The van der Waals surface area contributed by atoms with Gasteiger partial charge in [-0.25, -0.2) is 0 Å². The first-order chi connectivity index (χ1) is 8.27. The molecule has 2 heterocycles. The summed E-state index contributed by atoms with van der Waals surface area (Å²) in [5, 5.41) is 3.31. The zero-order chi connectivity index (χ0) is 12.1. The fourth-order valence-electron chi connectivity index (χ4n) is 2.02. The molecule has 94 valence electrons. The number of carbonyl (C=O) groups is 1. The second kappa shape index (κ2) is 5.84. The fraction of sp³-hybridized carbons (Fsp3) is 0.583. The van der Waals surface area contributed by atoms with Gasteiger partial charge in [0, 0.05) is 52.4 Å². The predicted octanol–water partition coefficient (Wildman–Crippen LogP) is 0.273. The van der Waals surface area contributed by atoms with E-state index >= 15 is 0 Å². The van der Waals surface area contributed by atoms with Gasteiger partial charge >= 0.3 is 0 Å². The first kappa shape index (κ1) is 12.1. The highest BCUT2D eigenvalue weighted by atomic mass is 16.2. The molecular formula is C12H20N4O. The molecule has 1 aliphatic rings. The molecule has 0 spiro atoms. The van der Waals surface area contributed by atoms with E-state index in [0.717, 1.165) is 38.5 Å². The van der Waals surface area contributed by atoms with E-state index in [0.29, 0.717) is 6.42 Å². The van der Waals surface area contributed by atoms with Gasteiger partial charge in [-0.15, -0.1) is 0 Å². The van der Waals surface area contributed by atoms with Crippen LogP contribution in [0.25, 0.3) is 0 Å². The molecule has 1 amide bonds. The van der Waals surface area contributed by atoms with Gasteiger partial charge < -0.3 is 20.1 Å². The second-order valence-corrected chi connectivity index (χ2v) is 4.35. The van der Waals surface area contributed by atoms with Crippen molar-refractivity contribution in [2.45, 2.75) is 6.42 Å². The number of piperazine rings is 1. The summed E-state index contributed by atoms with van der Waals surface area (Å²) in [6, 6.07) is 3.80. The second-order valence-electron chi connectivity index (χ2n) is 4.35. The number of nitrogens with zero attached hydrogens (tertiary/aromatic N) is 2. The van der Waals surface area contributed by atoms with Crippen LogP contribution in [0, 0.1) is 0 Å². The lowest BCUT2D eigenvalue weighted by Gasteiger charge is -2.27. The molecular weight excluding hydrogens is 216 g/mol. The van der Waals surface area contributed by atoms with Crippen molar-refractivity contribution in [2.75, 3.05) is 44.7 Å². The number of hydrogen-bond donors (Lipinski definition) is 2. The highest BCUT2D eigenvalue weighted by molar-refractivity contribution is 5.91. The SMILES string of the molecule is CN(C(=O)CCN1CCNCC1)c1ccc[nH]1. The lowest BCUT2D eigenvalue weighted by atomic mass is 10.3. The number of anilines is 1. The lowest BCUT2D eigenvalue weighted by molar-refractivity contribution is -0.118. The van der Waals surface area contributed by atoms with Crippen LogP contribution in [0.1, 0.15) is 6.42 Å². The van der Waals surface area contributed by atoms with Gasteiger partial charge in [0.2, 0.25) is 5.91 Å². The van der Waals surface area contributed by atoms with Gasteiger partial charge in [-0.2, -0.15) is 0 Å². The van der Waals surface area contributed by atoms with Crippen LogP contribution in [0.4, 0.5) is 5.82 Å². The van der Waals surface area contributed by atoms with Gasteiger partial charge in [0.25, 0.3) is 0 Å². The van der Waals surface area contributed by atoms with Crippen molar-refractivity contribution < 1.29 is 4.79 Å². The Labute approximate surface area is 102 Å². The third-order valence-corrected chi connectivity index (χ3v) is 3.17. The van der Waals surface area contributed by atoms with Gasteiger partial charge in [0.15, 0.2) is 0 Å². The summed E-state index contributed by atoms with van der Waals surface area (Å²) in [6.45, 7) is 4.99. The molecule has 17 heavy (non-hydrogen) atoms. The first-order valence-electron chi connectivity index (χ1n) is 6.10. The van der Waals surface area contributed by atoms with Gasteiger partial charge in [-0.3, -0.25) is 4.79 Å². The highest BCUT2D eigenvalue weighted by Crippen LogP contribution is 2.09. The van der Waals surface area contributed by atoms with Crippen LogP contribution in [-0.2, 0) is 4.79 Å². The molecule has 1 saturated heterocycles. The summed E-state index contributed by atoms with van der Waals surface area (Å²) in [4.78, 5) is 19.0. The number of aromatic nitrogens is 1. The average Bonchev–Trinajstić information content (AvgIpc) is 2.90. The molecule has 0 aliphatic carbocycles. The van der Waals surface area contributed by atoms with E-state index in [-0.39, 0.29) is 5.91 Å². The lowest BCUT2D eigenvalue weighted by Crippen LogP contribution is -2.44. The summed E-state index contributed by atoms with van der Waals surface area (Å²) < 4.78 is 0. The van der Waals surface area contributed by atoms with Crippen molar-refractivity contribution in [3.8, 4) is 0 Å². The smallest absolute Gasteiger partial charge is 0.229 e. The van der Waals surface area contributed by atoms with Gasteiger partial charge in [-0.05, 0) is 12.1 Å². The van der Waals surface area contributed by atoms with E-state index in [4.69, 9.17) is 0 Å². The summed E-state index contributed by atoms with van der Waals surface area (Å²) in [5.74, 6) is 1.02. The average molecular weight is 236 g/mol. The van der Waals surface area contributed by atoms with Crippen molar-refractivity contribution in [1.29, 1.82) is 0 Å². The Morgan fingerprint density at radius 2 is 2.24 bits per heavy atom. The molecule has 1 aliphatic heterocycles. The Bertz CT molecular complexity index is 343. The monoisotopic (exact) mass is 236 g/mol.